The molecule has 2 aromatic carbocycles. The van der Waals surface area contributed by atoms with Crippen LogP contribution in [0, 0.1) is 10.1 Å². The maximum absolute atomic E-state index is 12.0. The SMILES string of the molecule is COC(=O)c1cccc([N+](=O)[O-])c1C[NH+]1CCN(c2ccccc2)CC1. The third-order valence-corrected chi connectivity index (χ3v) is 4.77. The number of methoxy groups -OCH3 is 1. The topological polar surface area (TPSA) is 77.1 Å². The minimum Gasteiger partial charge on any atom is -0.465 e. The Balaban J connectivity index is 1.75. The average Bonchev–Trinajstić information content (AvgIpc) is 2.68. The van der Waals surface area contributed by atoms with Crippen molar-refractivity contribution in [2.45, 2.75) is 6.54 Å². The van der Waals surface area contributed by atoms with Crippen LogP contribution in [0.1, 0.15) is 15.9 Å². The van der Waals surface area contributed by atoms with Gasteiger partial charge in [-0.3, -0.25) is 10.1 Å². The van der Waals surface area contributed by atoms with Crippen molar-refractivity contribution in [1.29, 1.82) is 0 Å². The van der Waals surface area contributed by atoms with E-state index in [1.165, 1.54) is 29.8 Å². The Hall–Kier alpha value is -2.93. The molecule has 0 atom stereocenters. The molecule has 0 spiro atoms. The molecule has 3 rings (SSSR count). The number of nitro benzene ring substituents is 1. The molecule has 0 radical (unpaired) electrons. The van der Waals surface area contributed by atoms with Gasteiger partial charge in [0.1, 0.15) is 6.54 Å². The number of carbonyl (C=O) groups excluding carboxylic acids is 1. The highest BCUT2D eigenvalue weighted by atomic mass is 16.6. The quantitative estimate of drug-likeness (QED) is 0.496. The summed E-state index contributed by atoms with van der Waals surface area (Å²) in [7, 11) is 1.29. The number of rotatable bonds is 5. The van der Waals surface area contributed by atoms with Gasteiger partial charge in [0, 0.05) is 11.8 Å². The van der Waals surface area contributed by atoms with Gasteiger partial charge in [0.15, 0.2) is 0 Å². The lowest BCUT2D eigenvalue weighted by atomic mass is 10.0. The number of hydrogen-bond acceptors (Lipinski definition) is 5. The number of ether oxygens (including phenoxy) is 1. The lowest BCUT2D eigenvalue weighted by Gasteiger charge is -2.33. The first kappa shape index (κ1) is 17.9. The Morgan fingerprint density at radius 1 is 1.15 bits per heavy atom. The Bertz CT molecular complexity index is 787. The number of carbonyl (C=O) groups is 1. The second kappa shape index (κ2) is 7.97. The third-order valence-electron chi connectivity index (χ3n) is 4.77. The van der Waals surface area contributed by atoms with Crippen molar-refractivity contribution >= 4 is 17.3 Å². The highest BCUT2D eigenvalue weighted by Gasteiger charge is 2.28. The van der Waals surface area contributed by atoms with Crippen molar-refractivity contribution in [2.24, 2.45) is 0 Å². The zero-order valence-corrected chi connectivity index (χ0v) is 14.7. The van der Waals surface area contributed by atoms with Gasteiger partial charge in [-0.1, -0.05) is 24.3 Å². The van der Waals surface area contributed by atoms with Crippen molar-refractivity contribution in [1.82, 2.24) is 0 Å². The van der Waals surface area contributed by atoms with Crippen LogP contribution in [0.3, 0.4) is 0 Å². The minimum absolute atomic E-state index is 0.0223. The summed E-state index contributed by atoms with van der Waals surface area (Å²) in [6.07, 6.45) is 0. The number of nitrogens with one attached hydrogen (secondary N) is 1. The molecular formula is C19H22N3O4+. The van der Waals surface area contributed by atoms with E-state index in [2.05, 4.69) is 17.0 Å². The highest BCUT2D eigenvalue weighted by Crippen LogP contribution is 2.22. The van der Waals surface area contributed by atoms with Crippen LogP contribution in [-0.4, -0.2) is 44.2 Å². The molecule has 0 bridgehead atoms. The van der Waals surface area contributed by atoms with E-state index in [4.69, 9.17) is 4.74 Å². The van der Waals surface area contributed by atoms with E-state index in [9.17, 15) is 14.9 Å². The standard InChI is InChI=1S/C19H21N3O4/c1-26-19(23)16-8-5-9-18(22(24)25)17(16)14-20-10-12-21(13-11-20)15-6-3-2-4-7-15/h2-9H,10-14H2,1H3/p+1. The molecule has 7 nitrogen and oxygen atoms in total. The fraction of sp³-hybridized carbons (Fsp3) is 0.316. The van der Waals surface area contributed by atoms with Crippen LogP contribution in [-0.2, 0) is 11.3 Å². The van der Waals surface area contributed by atoms with E-state index in [1.807, 2.05) is 18.2 Å². The summed E-state index contributed by atoms with van der Waals surface area (Å²) in [5.74, 6) is -0.536. The minimum atomic E-state index is -0.536. The molecule has 136 valence electrons. The molecule has 1 aliphatic rings. The molecule has 0 unspecified atom stereocenters. The third kappa shape index (κ3) is 3.83. The molecule has 2 aromatic rings. The number of nitro groups is 1. The van der Waals surface area contributed by atoms with Crippen LogP contribution >= 0.6 is 0 Å². The largest absolute Gasteiger partial charge is 0.465 e. The van der Waals surface area contributed by atoms with Crippen molar-refractivity contribution in [3.63, 3.8) is 0 Å². The van der Waals surface area contributed by atoms with E-state index in [0.717, 1.165) is 26.2 Å². The Labute approximate surface area is 151 Å². The molecule has 1 saturated heterocycles. The van der Waals surface area contributed by atoms with Crippen LogP contribution in [0.15, 0.2) is 48.5 Å². The summed E-state index contributed by atoms with van der Waals surface area (Å²) in [4.78, 5) is 26.5. The van der Waals surface area contributed by atoms with Crippen molar-refractivity contribution in [3.05, 3.63) is 69.8 Å². The van der Waals surface area contributed by atoms with Crippen LogP contribution < -0.4 is 9.80 Å². The Kier molecular flexibility index (Phi) is 5.48. The predicted molar refractivity (Wildman–Crippen MR) is 97.5 cm³/mol. The average molecular weight is 356 g/mol. The number of quaternary nitrogens is 1. The normalized spacial score (nSPS) is 14.9. The summed E-state index contributed by atoms with van der Waals surface area (Å²) in [6.45, 7) is 3.87. The highest BCUT2D eigenvalue weighted by molar-refractivity contribution is 5.92. The number of hydrogen-bond donors (Lipinski definition) is 1. The van der Waals surface area contributed by atoms with E-state index < -0.39 is 10.9 Å². The van der Waals surface area contributed by atoms with Crippen LogP contribution in [0.2, 0.25) is 0 Å². The zero-order chi connectivity index (χ0) is 18.5. The van der Waals surface area contributed by atoms with Gasteiger partial charge in [-0.25, -0.2) is 4.79 Å². The van der Waals surface area contributed by atoms with Gasteiger partial charge in [-0.05, 0) is 18.2 Å². The molecule has 0 aromatic heterocycles. The molecule has 1 heterocycles. The van der Waals surface area contributed by atoms with E-state index in [1.54, 1.807) is 6.07 Å². The molecule has 26 heavy (non-hydrogen) atoms. The number of esters is 1. The monoisotopic (exact) mass is 356 g/mol. The first-order valence-electron chi connectivity index (χ1n) is 8.58. The second-order valence-electron chi connectivity index (χ2n) is 6.30. The fourth-order valence-corrected chi connectivity index (χ4v) is 3.38. The summed E-state index contributed by atoms with van der Waals surface area (Å²) >= 11 is 0. The summed E-state index contributed by atoms with van der Waals surface area (Å²) in [5.41, 5.74) is 1.89. The second-order valence-corrected chi connectivity index (χ2v) is 6.30. The van der Waals surface area contributed by atoms with Gasteiger partial charge < -0.3 is 14.5 Å². The summed E-state index contributed by atoms with van der Waals surface area (Å²) < 4.78 is 4.80. The number of piperazine rings is 1. The number of nitrogens with zero attached hydrogens (tertiary/aromatic N) is 2. The van der Waals surface area contributed by atoms with Crippen molar-refractivity contribution in [3.8, 4) is 0 Å². The van der Waals surface area contributed by atoms with Gasteiger partial charge >= 0.3 is 5.97 Å². The van der Waals surface area contributed by atoms with Crippen molar-refractivity contribution < 1.29 is 19.4 Å². The summed E-state index contributed by atoms with van der Waals surface area (Å²) in [6, 6.07) is 14.8. The van der Waals surface area contributed by atoms with Crippen LogP contribution in [0.5, 0.6) is 0 Å². The number of para-hydroxylation sites is 1. The van der Waals surface area contributed by atoms with Crippen molar-refractivity contribution in [2.75, 3.05) is 38.2 Å². The zero-order valence-electron chi connectivity index (χ0n) is 14.7. The fourth-order valence-electron chi connectivity index (χ4n) is 3.38. The van der Waals surface area contributed by atoms with E-state index in [-0.39, 0.29) is 11.3 Å². The van der Waals surface area contributed by atoms with Crippen LogP contribution in [0.4, 0.5) is 11.4 Å². The summed E-state index contributed by atoms with van der Waals surface area (Å²) in [5, 5.41) is 11.4. The predicted octanol–water partition coefficient (Wildman–Crippen LogP) is 1.29. The number of anilines is 1. The van der Waals surface area contributed by atoms with Gasteiger partial charge in [0.25, 0.3) is 5.69 Å². The lowest BCUT2D eigenvalue weighted by Crippen LogP contribution is -3.13. The molecule has 1 fully saturated rings. The lowest BCUT2D eigenvalue weighted by molar-refractivity contribution is -0.914. The maximum Gasteiger partial charge on any atom is 0.338 e. The van der Waals surface area contributed by atoms with Gasteiger partial charge in [-0.15, -0.1) is 0 Å². The maximum atomic E-state index is 12.0. The Morgan fingerprint density at radius 3 is 2.46 bits per heavy atom. The molecular weight excluding hydrogens is 334 g/mol. The number of benzene rings is 2. The molecule has 0 aliphatic carbocycles. The molecule has 1 N–H and O–H groups in total. The van der Waals surface area contributed by atoms with E-state index >= 15 is 0 Å². The molecule has 1 aliphatic heterocycles. The van der Waals surface area contributed by atoms with Gasteiger partial charge in [0.05, 0.1) is 49.3 Å². The van der Waals surface area contributed by atoms with Gasteiger partial charge in [-0.2, -0.15) is 0 Å². The molecule has 7 heteroatoms. The first-order chi connectivity index (χ1) is 12.6. The Morgan fingerprint density at radius 2 is 1.85 bits per heavy atom. The molecule has 0 amide bonds. The van der Waals surface area contributed by atoms with E-state index in [0.29, 0.717) is 12.1 Å². The smallest absolute Gasteiger partial charge is 0.338 e. The first-order valence-corrected chi connectivity index (χ1v) is 8.58. The van der Waals surface area contributed by atoms with Crippen LogP contribution in [0.25, 0.3) is 0 Å². The van der Waals surface area contributed by atoms with Gasteiger partial charge in [0.2, 0.25) is 0 Å². The molecule has 0 saturated carbocycles.